The lowest BCUT2D eigenvalue weighted by Crippen LogP contribution is -1.83. The summed E-state index contributed by atoms with van der Waals surface area (Å²) in [7, 11) is 0. The Hall–Kier alpha value is -0.840. The van der Waals surface area contributed by atoms with Crippen LogP contribution in [0.4, 0.5) is 0 Å². The van der Waals surface area contributed by atoms with Crippen LogP contribution >= 0.6 is 12.0 Å². The molecule has 0 bridgehead atoms. The lowest BCUT2D eigenvalue weighted by atomic mass is 10.2. The standard InChI is InChI=1S/C7H6O3S/c8-5-6-3-1-2-4-7(6)11-10-9/h1-5,9H. The first-order valence-electron chi connectivity index (χ1n) is 2.91. The second-order valence-electron chi connectivity index (χ2n) is 1.81. The molecular formula is C7H6O3S. The number of hydrogen-bond acceptors (Lipinski definition) is 4. The fourth-order valence-electron chi connectivity index (χ4n) is 0.694. The van der Waals surface area contributed by atoms with E-state index in [1.165, 1.54) is 0 Å². The molecular weight excluding hydrogens is 164 g/mol. The minimum atomic E-state index is 0.506. The molecule has 0 saturated heterocycles. The Labute approximate surface area is 68.1 Å². The van der Waals surface area contributed by atoms with Gasteiger partial charge < -0.3 is 0 Å². The zero-order chi connectivity index (χ0) is 8.10. The van der Waals surface area contributed by atoms with Crippen LogP contribution in [-0.4, -0.2) is 11.5 Å². The minimum Gasteiger partial charge on any atom is -0.298 e. The lowest BCUT2D eigenvalue weighted by molar-refractivity contribution is -0.116. The van der Waals surface area contributed by atoms with Gasteiger partial charge in [-0.3, -0.25) is 4.79 Å². The molecule has 1 aromatic rings. The highest BCUT2D eigenvalue weighted by molar-refractivity contribution is 7.94. The van der Waals surface area contributed by atoms with Gasteiger partial charge >= 0.3 is 0 Å². The van der Waals surface area contributed by atoms with Gasteiger partial charge in [0, 0.05) is 10.5 Å². The van der Waals surface area contributed by atoms with E-state index in [4.69, 9.17) is 5.26 Å². The fraction of sp³-hybridized carbons (Fsp3) is 0. The van der Waals surface area contributed by atoms with E-state index >= 15 is 0 Å². The van der Waals surface area contributed by atoms with E-state index in [-0.39, 0.29) is 0 Å². The van der Waals surface area contributed by atoms with Crippen molar-refractivity contribution >= 4 is 18.3 Å². The predicted molar refractivity (Wildman–Crippen MR) is 41.4 cm³/mol. The molecule has 1 N–H and O–H groups in total. The monoisotopic (exact) mass is 170 g/mol. The molecule has 11 heavy (non-hydrogen) atoms. The summed E-state index contributed by atoms with van der Waals surface area (Å²) in [5, 5.41) is 8.09. The summed E-state index contributed by atoms with van der Waals surface area (Å²) >= 11 is 0.751. The van der Waals surface area contributed by atoms with Gasteiger partial charge in [-0.15, -0.1) is 0 Å². The van der Waals surface area contributed by atoms with Crippen molar-refractivity contribution in [3.05, 3.63) is 29.8 Å². The van der Waals surface area contributed by atoms with E-state index in [9.17, 15) is 4.79 Å². The summed E-state index contributed by atoms with van der Waals surface area (Å²) in [6.45, 7) is 0. The fourth-order valence-corrected chi connectivity index (χ4v) is 1.12. The third kappa shape index (κ3) is 2.04. The molecule has 0 amide bonds. The Bertz CT molecular complexity index is 249. The summed E-state index contributed by atoms with van der Waals surface area (Å²) in [4.78, 5) is 11.0. The molecule has 0 aliphatic heterocycles. The van der Waals surface area contributed by atoms with Crippen molar-refractivity contribution in [2.24, 2.45) is 0 Å². The van der Waals surface area contributed by atoms with Crippen LogP contribution in [0, 0.1) is 0 Å². The quantitative estimate of drug-likeness (QED) is 0.326. The Kier molecular flexibility index (Phi) is 3.10. The van der Waals surface area contributed by atoms with Crippen molar-refractivity contribution in [3.63, 3.8) is 0 Å². The molecule has 58 valence electrons. The molecule has 4 heteroatoms. The largest absolute Gasteiger partial charge is 0.298 e. The summed E-state index contributed by atoms with van der Waals surface area (Å²) in [5.41, 5.74) is 0.506. The van der Waals surface area contributed by atoms with Crippen molar-refractivity contribution in [1.29, 1.82) is 0 Å². The lowest BCUT2D eigenvalue weighted by Gasteiger charge is -1.97. The molecule has 0 aromatic heterocycles. The Morgan fingerprint density at radius 1 is 1.45 bits per heavy atom. The van der Waals surface area contributed by atoms with Crippen LogP contribution in [0.25, 0.3) is 0 Å². The number of carbonyl (C=O) groups excluding carboxylic acids is 1. The number of benzene rings is 1. The molecule has 1 aromatic carbocycles. The van der Waals surface area contributed by atoms with Crippen LogP contribution < -0.4 is 0 Å². The Morgan fingerprint density at radius 3 is 2.82 bits per heavy atom. The first-order valence-corrected chi connectivity index (χ1v) is 3.65. The highest BCUT2D eigenvalue weighted by atomic mass is 32.2. The second kappa shape index (κ2) is 4.12. The summed E-state index contributed by atoms with van der Waals surface area (Å²) < 4.78 is 3.83. The SMILES string of the molecule is O=Cc1ccccc1SOO. The smallest absolute Gasteiger partial charge is 0.151 e. The molecule has 0 unspecified atom stereocenters. The van der Waals surface area contributed by atoms with E-state index < -0.39 is 0 Å². The first kappa shape index (κ1) is 8.26. The number of hydrogen-bond donors (Lipinski definition) is 1. The molecule has 0 atom stereocenters. The first-order chi connectivity index (χ1) is 5.38. The number of aldehydes is 1. The highest BCUT2D eigenvalue weighted by Crippen LogP contribution is 2.20. The van der Waals surface area contributed by atoms with Crippen LogP contribution in [0.5, 0.6) is 0 Å². The maximum absolute atomic E-state index is 10.4. The maximum atomic E-state index is 10.4. The van der Waals surface area contributed by atoms with Crippen molar-refractivity contribution < 1.29 is 14.4 Å². The van der Waals surface area contributed by atoms with Gasteiger partial charge in [-0.2, -0.15) is 4.33 Å². The molecule has 0 radical (unpaired) electrons. The van der Waals surface area contributed by atoms with Crippen LogP contribution in [0.1, 0.15) is 10.4 Å². The van der Waals surface area contributed by atoms with Gasteiger partial charge in [0.15, 0.2) is 6.29 Å². The van der Waals surface area contributed by atoms with Crippen molar-refractivity contribution in [2.75, 3.05) is 0 Å². The normalized spacial score (nSPS) is 9.55. The molecule has 0 aliphatic carbocycles. The summed E-state index contributed by atoms with van der Waals surface area (Å²) in [6, 6.07) is 6.83. The van der Waals surface area contributed by atoms with Gasteiger partial charge in [-0.05, 0) is 6.07 Å². The average molecular weight is 170 g/mol. The predicted octanol–water partition coefficient (Wildman–Crippen LogP) is 2.00. The van der Waals surface area contributed by atoms with E-state index in [0.29, 0.717) is 16.7 Å². The second-order valence-corrected chi connectivity index (χ2v) is 2.57. The molecule has 0 heterocycles. The van der Waals surface area contributed by atoms with Gasteiger partial charge in [0.25, 0.3) is 0 Å². The highest BCUT2D eigenvalue weighted by Gasteiger charge is 1.99. The minimum absolute atomic E-state index is 0.506. The third-order valence-corrected chi connectivity index (χ3v) is 1.80. The average Bonchev–Trinajstić information content (AvgIpc) is 2.06. The molecule has 0 fully saturated rings. The van der Waals surface area contributed by atoms with Gasteiger partial charge in [-0.1, -0.05) is 18.2 Å². The van der Waals surface area contributed by atoms with Gasteiger partial charge in [0.2, 0.25) is 0 Å². The molecule has 3 nitrogen and oxygen atoms in total. The van der Waals surface area contributed by atoms with E-state index in [1.807, 2.05) is 0 Å². The molecule has 0 spiro atoms. The van der Waals surface area contributed by atoms with Gasteiger partial charge in [-0.25, -0.2) is 5.26 Å². The summed E-state index contributed by atoms with van der Waals surface area (Å²) in [6.07, 6.45) is 0.710. The zero-order valence-electron chi connectivity index (χ0n) is 5.56. The zero-order valence-corrected chi connectivity index (χ0v) is 6.38. The van der Waals surface area contributed by atoms with E-state index in [2.05, 4.69) is 4.33 Å². The van der Waals surface area contributed by atoms with Crippen molar-refractivity contribution in [3.8, 4) is 0 Å². The maximum Gasteiger partial charge on any atom is 0.151 e. The van der Waals surface area contributed by atoms with Crippen molar-refractivity contribution in [2.45, 2.75) is 4.90 Å². The Balaban J connectivity index is 2.92. The summed E-state index contributed by atoms with van der Waals surface area (Å²) in [5.74, 6) is 0. The van der Waals surface area contributed by atoms with Crippen molar-refractivity contribution in [1.82, 2.24) is 0 Å². The van der Waals surface area contributed by atoms with Crippen LogP contribution in [0.3, 0.4) is 0 Å². The number of rotatable bonds is 3. The van der Waals surface area contributed by atoms with Gasteiger partial charge in [0.05, 0.1) is 12.0 Å². The van der Waals surface area contributed by atoms with Gasteiger partial charge in [0.1, 0.15) is 0 Å². The Morgan fingerprint density at radius 2 is 2.18 bits per heavy atom. The van der Waals surface area contributed by atoms with Crippen LogP contribution in [0.2, 0.25) is 0 Å². The molecule has 0 saturated carbocycles. The van der Waals surface area contributed by atoms with Crippen LogP contribution in [0.15, 0.2) is 29.2 Å². The van der Waals surface area contributed by atoms with Crippen LogP contribution in [-0.2, 0) is 4.33 Å². The topological polar surface area (TPSA) is 46.5 Å². The number of carbonyl (C=O) groups is 1. The molecule has 1 rings (SSSR count). The van der Waals surface area contributed by atoms with E-state index in [1.54, 1.807) is 24.3 Å². The molecule has 0 aliphatic rings. The third-order valence-electron chi connectivity index (χ3n) is 1.17. The van der Waals surface area contributed by atoms with E-state index in [0.717, 1.165) is 12.0 Å².